The minimum atomic E-state index is -0.506. The zero-order valence-electron chi connectivity index (χ0n) is 8.13. The Kier molecular flexibility index (Phi) is 2.99. The number of nitrogens with two attached hydrogens (primary N) is 1. The topological polar surface area (TPSA) is 59.1 Å². The highest BCUT2D eigenvalue weighted by Crippen LogP contribution is 2.21. The molecule has 0 saturated heterocycles. The second-order valence-corrected chi connectivity index (χ2v) is 4.33. The summed E-state index contributed by atoms with van der Waals surface area (Å²) in [5, 5.41) is 9.94. The van der Waals surface area contributed by atoms with Gasteiger partial charge in [0.1, 0.15) is 0 Å². The fourth-order valence-corrected chi connectivity index (χ4v) is 2.05. The molecule has 0 saturated carbocycles. The largest absolute Gasteiger partial charge is 0.399 e. The molecule has 1 aromatic carbocycles. The molecule has 0 fully saturated rings. The molecular formula is C11H12N2OS. The minimum Gasteiger partial charge on any atom is -0.399 e. The molecule has 1 aromatic heterocycles. The van der Waals surface area contributed by atoms with Crippen molar-refractivity contribution in [3.63, 3.8) is 0 Å². The second kappa shape index (κ2) is 4.42. The van der Waals surface area contributed by atoms with E-state index in [2.05, 4.69) is 4.98 Å². The maximum atomic E-state index is 9.94. The lowest BCUT2D eigenvalue weighted by Crippen LogP contribution is -2.01. The number of nitrogens with zero attached hydrogens (tertiary/aromatic N) is 1. The van der Waals surface area contributed by atoms with E-state index in [1.165, 1.54) is 0 Å². The highest BCUT2D eigenvalue weighted by atomic mass is 32.1. The first kappa shape index (κ1) is 10.1. The molecule has 0 aliphatic rings. The first-order valence-electron chi connectivity index (χ1n) is 4.66. The molecule has 0 amide bonds. The Bertz CT molecular complexity index is 428. The Morgan fingerprint density at radius 1 is 1.47 bits per heavy atom. The van der Waals surface area contributed by atoms with E-state index in [-0.39, 0.29) is 0 Å². The standard InChI is InChI=1S/C11H12N2OS/c12-9-3-1-2-8(4-9)11(14)5-10-6-13-7-15-10/h1-4,6-7,11,14H,5,12H2. The molecule has 2 rings (SSSR count). The molecular weight excluding hydrogens is 208 g/mol. The summed E-state index contributed by atoms with van der Waals surface area (Å²) in [5.74, 6) is 0. The molecule has 3 nitrogen and oxygen atoms in total. The highest BCUT2D eigenvalue weighted by Gasteiger charge is 2.09. The minimum absolute atomic E-state index is 0.506. The van der Waals surface area contributed by atoms with Crippen LogP contribution in [0.2, 0.25) is 0 Å². The van der Waals surface area contributed by atoms with Gasteiger partial charge in [-0.25, -0.2) is 0 Å². The quantitative estimate of drug-likeness (QED) is 0.778. The molecule has 1 unspecified atom stereocenters. The molecule has 78 valence electrons. The number of hydrogen-bond donors (Lipinski definition) is 2. The Morgan fingerprint density at radius 3 is 3.00 bits per heavy atom. The third-order valence-corrected chi connectivity index (χ3v) is 2.98. The normalized spacial score (nSPS) is 12.6. The lowest BCUT2D eigenvalue weighted by atomic mass is 10.1. The molecule has 0 aliphatic carbocycles. The monoisotopic (exact) mass is 220 g/mol. The van der Waals surface area contributed by atoms with Gasteiger partial charge in [0, 0.05) is 23.2 Å². The lowest BCUT2D eigenvalue weighted by molar-refractivity contribution is 0.179. The van der Waals surface area contributed by atoms with E-state index in [1.807, 2.05) is 18.2 Å². The van der Waals surface area contributed by atoms with Crippen molar-refractivity contribution in [1.82, 2.24) is 4.98 Å². The first-order valence-corrected chi connectivity index (χ1v) is 5.54. The SMILES string of the molecule is Nc1cccc(C(O)Cc2cncs2)c1. The van der Waals surface area contributed by atoms with E-state index in [9.17, 15) is 5.11 Å². The van der Waals surface area contributed by atoms with Gasteiger partial charge in [-0.05, 0) is 17.7 Å². The van der Waals surface area contributed by atoms with Crippen LogP contribution in [0.4, 0.5) is 5.69 Å². The number of hydrogen-bond acceptors (Lipinski definition) is 4. The van der Waals surface area contributed by atoms with Crippen LogP contribution in [-0.4, -0.2) is 10.1 Å². The van der Waals surface area contributed by atoms with Crippen LogP contribution in [0.15, 0.2) is 36.0 Å². The van der Waals surface area contributed by atoms with Gasteiger partial charge >= 0.3 is 0 Å². The number of anilines is 1. The van der Waals surface area contributed by atoms with Gasteiger partial charge in [-0.3, -0.25) is 4.98 Å². The van der Waals surface area contributed by atoms with E-state index in [0.29, 0.717) is 12.1 Å². The number of aromatic nitrogens is 1. The van der Waals surface area contributed by atoms with Crippen LogP contribution in [-0.2, 0) is 6.42 Å². The maximum absolute atomic E-state index is 9.94. The number of rotatable bonds is 3. The van der Waals surface area contributed by atoms with Crippen molar-refractivity contribution in [1.29, 1.82) is 0 Å². The van der Waals surface area contributed by atoms with Crippen LogP contribution in [0.5, 0.6) is 0 Å². The molecule has 3 N–H and O–H groups in total. The van der Waals surface area contributed by atoms with E-state index in [0.717, 1.165) is 10.4 Å². The molecule has 0 aliphatic heterocycles. The van der Waals surface area contributed by atoms with Crippen molar-refractivity contribution in [3.8, 4) is 0 Å². The molecule has 4 heteroatoms. The van der Waals surface area contributed by atoms with Crippen molar-refractivity contribution in [2.24, 2.45) is 0 Å². The summed E-state index contributed by atoms with van der Waals surface area (Å²) in [4.78, 5) is 5.04. The Balaban J connectivity index is 2.11. The maximum Gasteiger partial charge on any atom is 0.0839 e. The van der Waals surface area contributed by atoms with E-state index >= 15 is 0 Å². The molecule has 0 radical (unpaired) electrons. The predicted molar refractivity (Wildman–Crippen MR) is 61.6 cm³/mol. The van der Waals surface area contributed by atoms with Crippen LogP contribution in [0, 0.1) is 0 Å². The van der Waals surface area contributed by atoms with E-state index in [4.69, 9.17) is 5.73 Å². The average Bonchev–Trinajstić information content (AvgIpc) is 2.70. The third kappa shape index (κ3) is 2.55. The summed E-state index contributed by atoms with van der Waals surface area (Å²) in [6.45, 7) is 0. The molecule has 1 heterocycles. The molecule has 0 bridgehead atoms. The number of aliphatic hydroxyl groups is 1. The number of thiazole rings is 1. The fraction of sp³-hybridized carbons (Fsp3) is 0.182. The Labute approximate surface area is 92.2 Å². The summed E-state index contributed by atoms with van der Waals surface area (Å²) in [7, 11) is 0. The number of aliphatic hydroxyl groups excluding tert-OH is 1. The van der Waals surface area contributed by atoms with Gasteiger partial charge in [0.15, 0.2) is 0 Å². The zero-order valence-corrected chi connectivity index (χ0v) is 8.95. The van der Waals surface area contributed by atoms with Gasteiger partial charge in [-0.2, -0.15) is 0 Å². The Hall–Kier alpha value is -1.39. The predicted octanol–water partition coefficient (Wildman–Crippen LogP) is 2.00. The van der Waals surface area contributed by atoms with Crippen molar-refractivity contribution >= 4 is 17.0 Å². The second-order valence-electron chi connectivity index (χ2n) is 3.36. The van der Waals surface area contributed by atoms with Gasteiger partial charge in [-0.1, -0.05) is 12.1 Å². The average molecular weight is 220 g/mol. The molecule has 2 aromatic rings. The summed E-state index contributed by atoms with van der Waals surface area (Å²) >= 11 is 1.55. The molecule has 1 atom stereocenters. The summed E-state index contributed by atoms with van der Waals surface area (Å²) in [6, 6.07) is 7.33. The summed E-state index contributed by atoms with van der Waals surface area (Å²) in [6.07, 6.45) is 1.86. The van der Waals surface area contributed by atoms with Crippen LogP contribution >= 0.6 is 11.3 Å². The van der Waals surface area contributed by atoms with Crippen molar-refractivity contribution in [2.45, 2.75) is 12.5 Å². The van der Waals surface area contributed by atoms with Crippen LogP contribution in [0.25, 0.3) is 0 Å². The smallest absolute Gasteiger partial charge is 0.0839 e. The molecule has 15 heavy (non-hydrogen) atoms. The summed E-state index contributed by atoms with van der Waals surface area (Å²) in [5.41, 5.74) is 8.94. The van der Waals surface area contributed by atoms with Crippen LogP contribution in [0.1, 0.15) is 16.5 Å². The van der Waals surface area contributed by atoms with Crippen LogP contribution < -0.4 is 5.73 Å². The molecule has 0 spiro atoms. The van der Waals surface area contributed by atoms with E-state index < -0.39 is 6.10 Å². The summed E-state index contributed by atoms with van der Waals surface area (Å²) < 4.78 is 0. The Morgan fingerprint density at radius 2 is 2.33 bits per heavy atom. The van der Waals surface area contributed by atoms with Gasteiger partial charge in [0.2, 0.25) is 0 Å². The van der Waals surface area contributed by atoms with Crippen molar-refractivity contribution < 1.29 is 5.11 Å². The van der Waals surface area contributed by atoms with Crippen molar-refractivity contribution in [3.05, 3.63) is 46.4 Å². The van der Waals surface area contributed by atoms with Gasteiger partial charge in [0.05, 0.1) is 11.6 Å². The number of nitrogen functional groups attached to an aromatic ring is 1. The third-order valence-electron chi connectivity index (χ3n) is 2.17. The van der Waals surface area contributed by atoms with Gasteiger partial charge in [-0.15, -0.1) is 11.3 Å². The fourth-order valence-electron chi connectivity index (χ4n) is 1.42. The first-order chi connectivity index (χ1) is 7.25. The van der Waals surface area contributed by atoms with Gasteiger partial charge in [0.25, 0.3) is 0 Å². The van der Waals surface area contributed by atoms with Crippen LogP contribution in [0.3, 0.4) is 0 Å². The van der Waals surface area contributed by atoms with Crippen molar-refractivity contribution in [2.75, 3.05) is 5.73 Å². The number of benzene rings is 1. The zero-order chi connectivity index (χ0) is 10.7. The van der Waals surface area contributed by atoms with Gasteiger partial charge < -0.3 is 10.8 Å². The highest BCUT2D eigenvalue weighted by molar-refractivity contribution is 7.09. The lowest BCUT2D eigenvalue weighted by Gasteiger charge is -2.09. The van der Waals surface area contributed by atoms with E-state index in [1.54, 1.807) is 29.1 Å².